The van der Waals surface area contributed by atoms with Crippen molar-refractivity contribution in [2.45, 2.75) is 12.5 Å². The van der Waals surface area contributed by atoms with Gasteiger partial charge in [-0.1, -0.05) is 0 Å². The average Bonchev–Trinajstić information content (AvgIpc) is 1.63. The summed E-state index contributed by atoms with van der Waals surface area (Å²) in [4.78, 5) is 19.9. The van der Waals surface area contributed by atoms with Crippen molar-refractivity contribution in [3.63, 3.8) is 0 Å². The first kappa shape index (κ1) is 17.1. The second-order valence-corrected chi connectivity index (χ2v) is 1.62. The monoisotopic (exact) mass is 173 g/mol. The third-order valence-electron chi connectivity index (χ3n) is 0.738. The van der Waals surface area contributed by atoms with Crippen molar-refractivity contribution in [2.24, 2.45) is 11.5 Å². The summed E-state index contributed by atoms with van der Waals surface area (Å²) in [5, 5.41) is 8.10. The Hall–Kier alpha value is -0.140. The molecule has 0 aromatic carbocycles. The largest absolute Gasteiger partial charge is 0.480 e. The molecule has 0 aromatic heterocycles. The molecule has 0 heterocycles. The van der Waals surface area contributed by atoms with Gasteiger partial charge in [0.15, 0.2) is 0 Å². The summed E-state index contributed by atoms with van der Waals surface area (Å²) < 4.78 is 0. The van der Waals surface area contributed by atoms with Gasteiger partial charge in [-0.25, -0.2) is 0 Å². The second-order valence-electron chi connectivity index (χ2n) is 1.62. The summed E-state index contributed by atoms with van der Waals surface area (Å²) in [6, 6.07) is -1.16. The van der Waals surface area contributed by atoms with E-state index in [-0.39, 0.29) is 41.5 Å². The smallest absolute Gasteiger partial charge is 0.321 e. The molecule has 61 valence electrons. The fourth-order valence-electron chi connectivity index (χ4n) is 0.304. The molecule has 0 aromatic rings. The van der Waals surface area contributed by atoms with Crippen molar-refractivity contribution in [3.05, 3.63) is 0 Å². The predicted molar refractivity (Wildman–Crippen MR) is 38.8 cm³/mol. The molecule has 0 aliphatic rings. The summed E-state index contributed by atoms with van der Waals surface area (Å²) in [7, 11) is 0. The third kappa shape index (κ3) is 9.86. The Bertz CT molecular complexity index is 140. The minimum atomic E-state index is -1.21. The van der Waals surface area contributed by atoms with Gasteiger partial charge in [-0.2, -0.15) is 0 Å². The Morgan fingerprint density at radius 1 is 1.45 bits per heavy atom. The van der Waals surface area contributed by atoms with Crippen LogP contribution in [0.4, 0.5) is 0 Å². The van der Waals surface area contributed by atoms with Gasteiger partial charge in [0, 0.05) is 29.6 Å². The average molecular weight is 173 g/mol. The number of amides is 1. The zero-order valence-electron chi connectivity index (χ0n) is 6.20. The fraction of sp³-hybridized carbons (Fsp3) is 0.500. The van der Waals surface area contributed by atoms with E-state index in [2.05, 4.69) is 5.73 Å². The molecule has 6 nitrogen and oxygen atoms in total. The van der Waals surface area contributed by atoms with Gasteiger partial charge in [-0.15, -0.1) is 0 Å². The van der Waals surface area contributed by atoms with Crippen molar-refractivity contribution in [1.29, 1.82) is 0 Å². The number of aliphatic carboxylic acids is 1. The first-order chi connectivity index (χ1) is 4.04. The van der Waals surface area contributed by atoms with Crippen LogP contribution >= 0.6 is 0 Å². The Kier molecular flexibility index (Phi) is 12.4. The van der Waals surface area contributed by atoms with E-state index in [1.807, 2.05) is 0 Å². The molecule has 0 bridgehead atoms. The van der Waals surface area contributed by atoms with Crippen LogP contribution in [0.3, 0.4) is 0 Å². The van der Waals surface area contributed by atoms with E-state index < -0.39 is 17.9 Å². The quantitative estimate of drug-likeness (QED) is 0.393. The minimum absolute atomic E-state index is 0. The maximum Gasteiger partial charge on any atom is 0.321 e. The number of carboxylic acid groups (broad SMARTS) is 1. The van der Waals surface area contributed by atoms with E-state index >= 15 is 0 Å². The normalized spacial score (nSPS) is 10.3. The van der Waals surface area contributed by atoms with Gasteiger partial charge in [-0.05, 0) is 0 Å². The molecule has 7 heteroatoms. The number of nitrogens with two attached hydrogens (primary N) is 2. The van der Waals surface area contributed by atoms with Crippen molar-refractivity contribution in [3.8, 4) is 0 Å². The molecule has 0 aliphatic carbocycles. The standard InChI is InChI=1S/C4H8N2O3.Na.H2O/c5-2(4(8)9)1-3(6)7;;/h2H,1,5H2,(H2,6,7)(H,8,9);;1H2/t2-;;/m0../s1. The van der Waals surface area contributed by atoms with Gasteiger partial charge in [0.2, 0.25) is 5.91 Å². The maximum atomic E-state index is 9.99. The first-order valence-electron chi connectivity index (χ1n) is 2.30. The summed E-state index contributed by atoms with van der Waals surface area (Å²) in [5.74, 6) is -1.92. The number of hydrogen-bond donors (Lipinski definition) is 3. The Morgan fingerprint density at radius 3 is 1.91 bits per heavy atom. The van der Waals surface area contributed by atoms with Gasteiger partial charge in [-0.3, -0.25) is 9.59 Å². The number of carbonyl (C=O) groups is 2. The minimum Gasteiger partial charge on any atom is -0.480 e. The van der Waals surface area contributed by atoms with Crippen molar-refractivity contribution in [1.82, 2.24) is 0 Å². The molecule has 7 N–H and O–H groups in total. The van der Waals surface area contributed by atoms with E-state index in [1.165, 1.54) is 0 Å². The fourth-order valence-corrected chi connectivity index (χ4v) is 0.304. The molecule has 0 spiro atoms. The van der Waals surface area contributed by atoms with Crippen LogP contribution in [-0.4, -0.2) is 58.1 Å². The van der Waals surface area contributed by atoms with E-state index in [0.29, 0.717) is 0 Å². The molecule has 1 atom stereocenters. The van der Waals surface area contributed by atoms with Crippen LogP contribution in [-0.2, 0) is 9.59 Å². The van der Waals surface area contributed by atoms with Gasteiger partial charge in [0.1, 0.15) is 6.04 Å². The van der Waals surface area contributed by atoms with Gasteiger partial charge < -0.3 is 22.1 Å². The van der Waals surface area contributed by atoms with Crippen molar-refractivity contribution in [2.75, 3.05) is 0 Å². The topological polar surface area (TPSA) is 138 Å². The zero-order chi connectivity index (χ0) is 7.44. The summed E-state index contributed by atoms with van der Waals surface area (Å²) in [5.41, 5.74) is 9.57. The number of hydrogen-bond acceptors (Lipinski definition) is 3. The molecule has 0 aliphatic heterocycles. The van der Waals surface area contributed by atoms with Crippen LogP contribution in [0.2, 0.25) is 0 Å². The summed E-state index contributed by atoms with van der Waals surface area (Å²) in [6.07, 6.45) is -0.310. The molecule has 0 fully saturated rings. The predicted octanol–water partition coefficient (Wildman–Crippen LogP) is -2.93. The first-order valence-corrected chi connectivity index (χ1v) is 2.30. The van der Waals surface area contributed by atoms with Crippen LogP contribution in [0.1, 0.15) is 6.42 Å². The van der Waals surface area contributed by atoms with Gasteiger partial charge in [0.05, 0.1) is 6.42 Å². The van der Waals surface area contributed by atoms with Gasteiger partial charge >= 0.3 is 5.97 Å². The third-order valence-corrected chi connectivity index (χ3v) is 0.738. The Balaban J connectivity index is -0.000000320. The van der Waals surface area contributed by atoms with Crippen molar-refractivity contribution < 1.29 is 20.2 Å². The van der Waals surface area contributed by atoms with Crippen LogP contribution < -0.4 is 11.5 Å². The summed E-state index contributed by atoms with van der Waals surface area (Å²) >= 11 is 0. The van der Waals surface area contributed by atoms with Gasteiger partial charge in [0.25, 0.3) is 0 Å². The molecule has 11 heavy (non-hydrogen) atoms. The van der Waals surface area contributed by atoms with E-state index in [4.69, 9.17) is 10.8 Å². The Labute approximate surface area is 85.5 Å². The number of carboxylic acids is 1. The molecular weight excluding hydrogens is 163 g/mol. The molecule has 1 radical (unpaired) electrons. The summed E-state index contributed by atoms with van der Waals surface area (Å²) in [6.45, 7) is 0. The maximum absolute atomic E-state index is 9.99. The Morgan fingerprint density at radius 2 is 1.82 bits per heavy atom. The van der Waals surface area contributed by atoms with E-state index in [1.54, 1.807) is 0 Å². The van der Waals surface area contributed by atoms with Crippen LogP contribution in [0.15, 0.2) is 0 Å². The van der Waals surface area contributed by atoms with E-state index in [0.717, 1.165) is 0 Å². The SMILES string of the molecule is NC(=O)C[C@H](N)C(=O)O.O.[Na]. The molecule has 0 saturated heterocycles. The van der Waals surface area contributed by atoms with Crippen LogP contribution in [0.5, 0.6) is 0 Å². The molecule has 0 rings (SSSR count). The number of carbonyl (C=O) groups excluding carboxylic acids is 1. The van der Waals surface area contributed by atoms with Crippen molar-refractivity contribution >= 4 is 41.4 Å². The number of primary amides is 1. The molecule has 0 unspecified atom stereocenters. The number of rotatable bonds is 3. The zero-order valence-corrected chi connectivity index (χ0v) is 8.20. The van der Waals surface area contributed by atoms with Crippen LogP contribution in [0.25, 0.3) is 0 Å². The van der Waals surface area contributed by atoms with E-state index in [9.17, 15) is 9.59 Å². The second kappa shape index (κ2) is 7.96. The van der Waals surface area contributed by atoms with Crippen LogP contribution in [0, 0.1) is 0 Å². The molecular formula is C4H10N2NaO4. The molecule has 1 amide bonds. The molecule has 0 saturated carbocycles.